The summed E-state index contributed by atoms with van der Waals surface area (Å²) in [6, 6.07) is 8.72. The maximum absolute atomic E-state index is 12.3. The van der Waals surface area contributed by atoms with E-state index in [9.17, 15) is 4.79 Å². The van der Waals surface area contributed by atoms with Gasteiger partial charge in [0.2, 0.25) is 5.91 Å². The van der Waals surface area contributed by atoms with Gasteiger partial charge in [0.1, 0.15) is 0 Å². The third kappa shape index (κ3) is 4.97. The third-order valence-electron chi connectivity index (χ3n) is 5.69. The zero-order chi connectivity index (χ0) is 16.1. The van der Waals surface area contributed by atoms with Crippen LogP contribution in [0, 0.1) is 11.8 Å². The van der Waals surface area contributed by atoms with Crippen molar-refractivity contribution >= 4 is 18.3 Å². The molecule has 1 aromatic rings. The van der Waals surface area contributed by atoms with Crippen LogP contribution >= 0.6 is 12.4 Å². The zero-order valence-electron chi connectivity index (χ0n) is 14.7. The van der Waals surface area contributed by atoms with Crippen molar-refractivity contribution in [2.45, 2.75) is 51.4 Å². The molecule has 0 spiro atoms. The molecule has 1 fully saturated rings. The number of carbonyl (C=O) groups is 1. The lowest BCUT2D eigenvalue weighted by Crippen LogP contribution is -2.36. The number of aryl methyl sites for hydroxylation is 1. The Labute approximate surface area is 152 Å². The highest BCUT2D eigenvalue weighted by atomic mass is 35.5. The molecule has 0 radical (unpaired) electrons. The van der Waals surface area contributed by atoms with E-state index in [0.717, 1.165) is 19.6 Å². The summed E-state index contributed by atoms with van der Waals surface area (Å²) in [6.07, 6.45) is 6.79. The van der Waals surface area contributed by atoms with Crippen LogP contribution in [0.3, 0.4) is 0 Å². The minimum absolute atomic E-state index is 0. The first-order valence-corrected chi connectivity index (χ1v) is 9.29. The Morgan fingerprint density at radius 1 is 1.29 bits per heavy atom. The Kier molecular flexibility index (Phi) is 7.57. The van der Waals surface area contributed by atoms with Crippen molar-refractivity contribution < 1.29 is 4.79 Å². The molecule has 1 saturated heterocycles. The molecule has 1 aliphatic heterocycles. The monoisotopic (exact) mass is 350 g/mol. The summed E-state index contributed by atoms with van der Waals surface area (Å²) in [7, 11) is 0. The van der Waals surface area contributed by atoms with Gasteiger partial charge in [-0.1, -0.05) is 31.2 Å². The SMILES string of the molecule is CC(CC(=O)NCC1CCCc2ccccc21)C1CCCNC1.Cl. The highest BCUT2D eigenvalue weighted by Crippen LogP contribution is 2.31. The molecule has 1 heterocycles. The van der Waals surface area contributed by atoms with E-state index < -0.39 is 0 Å². The Hall–Kier alpha value is -1.06. The summed E-state index contributed by atoms with van der Waals surface area (Å²) in [5.74, 6) is 1.85. The van der Waals surface area contributed by atoms with Crippen LogP contribution in [0.25, 0.3) is 0 Å². The van der Waals surface area contributed by atoms with Gasteiger partial charge in [-0.15, -0.1) is 12.4 Å². The molecule has 1 aromatic carbocycles. The van der Waals surface area contributed by atoms with Gasteiger partial charge in [0.15, 0.2) is 0 Å². The van der Waals surface area contributed by atoms with Gasteiger partial charge in [0.25, 0.3) is 0 Å². The molecule has 1 aliphatic carbocycles. The lowest BCUT2D eigenvalue weighted by atomic mass is 9.82. The van der Waals surface area contributed by atoms with Gasteiger partial charge in [-0.05, 0) is 68.2 Å². The predicted octanol–water partition coefficient (Wildman–Crippen LogP) is 3.67. The molecule has 3 nitrogen and oxygen atoms in total. The summed E-state index contributed by atoms with van der Waals surface area (Å²) >= 11 is 0. The fourth-order valence-electron chi connectivity index (χ4n) is 4.20. The van der Waals surface area contributed by atoms with Crippen LogP contribution in [0.15, 0.2) is 24.3 Å². The molecule has 0 saturated carbocycles. The van der Waals surface area contributed by atoms with E-state index >= 15 is 0 Å². The maximum atomic E-state index is 12.3. The summed E-state index contributed by atoms with van der Waals surface area (Å²) in [5.41, 5.74) is 2.92. The summed E-state index contributed by atoms with van der Waals surface area (Å²) in [5, 5.41) is 6.66. The highest BCUT2D eigenvalue weighted by Gasteiger charge is 2.23. The molecule has 4 heteroatoms. The van der Waals surface area contributed by atoms with Crippen LogP contribution in [-0.4, -0.2) is 25.5 Å². The molecule has 2 N–H and O–H groups in total. The first-order valence-electron chi connectivity index (χ1n) is 9.29. The number of halogens is 1. The van der Waals surface area contributed by atoms with Crippen molar-refractivity contribution in [3.8, 4) is 0 Å². The van der Waals surface area contributed by atoms with Crippen LogP contribution in [0.5, 0.6) is 0 Å². The minimum Gasteiger partial charge on any atom is -0.355 e. The second-order valence-electron chi connectivity index (χ2n) is 7.38. The first kappa shape index (κ1) is 19.3. The van der Waals surface area contributed by atoms with Crippen LogP contribution in [-0.2, 0) is 11.2 Å². The number of nitrogens with one attached hydrogen (secondary N) is 2. The van der Waals surface area contributed by atoms with Gasteiger partial charge in [0.05, 0.1) is 0 Å². The maximum Gasteiger partial charge on any atom is 0.220 e. The van der Waals surface area contributed by atoms with Crippen molar-refractivity contribution in [2.75, 3.05) is 19.6 Å². The Bertz CT molecular complexity index is 528. The second kappa shape index (κ2) is 9.43. The number of hydrogen-bond acceptors (Lipinski definition) is 2. The molecular formula is C20H31ClN2O. The quantitative estimate of drug-likeness (QED) is 0.850. The third-order valence-corrected chi connectivity index (χ3v) is 5.69. The van der Waals surface area contributed by atoms with E-state index in [-0.39, 0.29) is 18.3 Å². The van der Waals surface area contributed by atoms with E-state index in [0.29, 0.717) is 24.2 Å². The molecule has 24 heavy (non-hydrogen) atoms. The van der Waals surface area contributed by atoms with E-state index in [1.54, 1.807) is 0 Å². The molecule has 3 rings (SSSR count). The van der Waals surface area contributed by atoms with Crippen LogP contribution in [0.1, 0.15) is 56.1 Å². The smallest absolute Gasteiger partial charge is 0.220 e. The van der Waals surface area contributed by atoms with E-state index in [1.165, 1.54) is 43.2 Å². The van der Waals surface area contributed by atoms with Crippen LogP contribution in [0.4, 0.5) is 0 Å². The normalized spacial score (nSPS) is 24.4. The van der Waals surface area contributed by atoms with Gasteiger partial charge in [0, 0.05) is 18.9 Å². The fourth-order valence-corrected chi connectivity index (χ4v) is 4.20. The predicted molar refractivity (Wildman–Crippen MR) is 102 cm³/mol. The standard InChI is InChI=1S/C20H30N2O.ClH/c1-15(17-9-5-11-21-13-17)12-20(23)22-14-18-8-4-7-16-6-2-3-10-19(16)18;/h2-3,6,10,15,17-18,21H,4-5,7-9,11-14H2,1H3,(H,22,23);1H. The first-order chi connectivity index (χ1) is 11.2. The highest BCUT2D eigenvalue weighted by molar-refractivity contribution is 5.85. The van der Waals surface area contributed by atoms with Gasteiger partial charge in [-0.3, -0.25) is 4.79 Å². The van der Waals surface area contributed by atoms with E-state index in [2.05, 4.69) is 41.8 Å². The van der Waals surface area contributed by atoms with Crippen LogP contribution < -0.4 is 10.6 Å². The summed E-state index contributed by atoms with van der Waals surface area (Å²) in [4.78, 5) is 12.3. The average Bonchev–Trinajstić information content (AvgIpc) is 2.60. The number of hydrogen-bond donors (Lipinski definition) is 2. The Morgan fingerprint density at radius 2 is 2.12 bits per heavy atom. The van der Waals surface area contributed by atoms with Crippen molar-refractivity contribution in [1.29, 1.82) is 0 Å². The van der Waals surface area contributed by atoms with Crippen molar-refractivity contribution in [3.05, 3.63) is 35.4 Å². The van der Waals surface area contributed by atoms with E-state index in [4.69, 9.17) is 0 Å². The second-order valence-corrected chi connectivity index (χ2v) is 7.38. The lowest BCUT2D eigenvalue weighted by Gasteiger charge is -2.29. The number of carbonyl (C=O) groups excluding carboxylic acids is 1. The average molecular weight is 351 g/mol. The number of amides is 1. The van der Waals surface area contributed by atoms with Gasteiger partial charge >= 0.3 is 0 Å². The molecular weight excluding hydrogens is 320 g/mol. The van der Waals surface area contributed by atoms with Crippen molar-refractivity contribution in [1.82, 2.24) is 10.6 Å². The fraction of sp³-hybridized carbons (Fsp3) is 0.650. The number of fused-ring (bicyclic) bond motifs is 1. The molecule has 2 aliphatic rings. The van der Waals surface area contributed by atoms with Crippen LogP contribution in [0.2, 0.25) is 0 Å². The van der Waals surface area contributed by atoms with Crippen molar-refractivity contribution in [2.24, 2.45) is 11.8 Å². The molecule has 0 aromatic heterocycles. The summed E-state index contributed by atoms with van der Waals surface area (Å²) < 4.78 is 0. The minimum atomic E-state index is 0. The largest absolute Gasteiger partial charge is 0.355 e. The summed E-state index contributed by atoms with van der Waals surface area (Å²) in [6.45, 7) is 5.24. The van der Waals surface area contributed by atoms with Gasteiger partial charge in [-0.2, -0.15) is 0 Å². The number of benzene rings is 1. The molecule has 134 valence electrons. The zero-order valence-corrected chi connectivity index (χ0v) is 15.5. The number of rotatable bonds is 5. The van der Waals surface area contributed by atoms with Gasteiger partial charge < -0.3 is 10.6 Å². The van der Waals surface area contributed by atoms with Crippen molar-refractivity contribution in [3.63, 3.8) is 0 Å². The molecule has 0 bridgehead atoms. The number of piperidine rings is 1. The molecule has 1 amide bonds. The Balaban J connectivity index is 0.00000208. The van der Waals surface area contributed by atoms with Gasteiger partial charge in [-0.25, -0.2) is 0 Å². The topological polar surface area (TPSA) is 41.1 Å². The molecule has 3 unspecified atom stereocenters. The van der Waals surface area contributed by atoms with E-state index in [1.807, 2.05) is 0 Å². The Morgan fingerprint density at radius 3 is 2.92 bits per heavy atom. The molecule has 3 atom stereocenters. The lowest BCUT2D eigenvalue weighted by molar-refractivity contribution is -0.122.